The first-order valence-electron chi connectivity index (χ1n) is 11.7. The van der Waals surface area contributed by atoms with Gasteiger partial charge in [-0.05, 0) is 66.8 Å². The Balaban J connectivity index is 1.67. The van der Waals surface area contributed by atoms with Gasteiger partial charge in [-0.2, -0.15) is 0 Å². The Kier molecular flexibility index (Phi) is 7.12. The molecule has 1 atom stereocenters. The highest BCUT2D eigenvalue weighted by atomic mass is 32.2. The highest BCUT2D eigenvalue weighted by molar-refractivity contribution is 7.98. The summed E-state index contributed by atoms with van der Waals surface area (Å²) < 4.78 is 7.63. The van der Waals surface area contributed by atoms with Gasteiger partial charge in [0.1, 0.15) is 5.75 Å². The fraction of sp³-hybridized carbons (Fsp3) is 0.138. The maximum absolute atomic E-state index is 13.8. The summed E-state index contributed by atoms with van der Waals surface area (Å²) in [4.78, 5) is 33.8. The van der Waals surface area contributed by atoms with Crippen molar-refractivity contribution in [2.75, 3.05) is 18.7 Å². The molecule has 8 heteroatoms. The molecule has 1 N–H and O–H groups in total. The predicted molar refractivity (Wildman–Crippen MR) is 150 cm³/mol. The van der Waals surface area contributed by atoms with E-state index in [2.05, 4.69) is 5.32 Å². The lowest BCUT2D eigenvalue weighted by atomic mass is 9.95. The first kappa shape index (κ1) is 24.8. The number of nitrogens with zero attached hydrogens (tertiary/aromatic N) is 2. The molecule has 6 nitrogen and oxygen atoms in total. The van der Waals surface area contributed by atoms with Gasteiger partial charge >= 0.3 is 0 Å². The first-order valence-corrected chi connectivity index (χ1v) is 13.7. The molecule has 1 amide bonds. The minimum atomic E-state index is -0.656. The molecular weight excluding hydrogens is 502 g/mol. The number of amides is 1. The van der Waals surface area contributed by atoms with E-state index >= 15 is 0 Å². The molecule has 0 unspecified atom stereocenters. The third kappa shape index (κ3) is 5.03. The van der Waals surface area contributed by atoms with Crippen molar-refractivity contribution in [3.63, 3.8) is 0 Å². The molecule has 5 rings (SSSR count). The fourth-order valence-corrected chi connectivity index (χ4v) is 5.77. The van der Waals surface area contributed by atoms with Gasteiger partial charge in [0.15, 0.2) is 4.80 Å². The molecule has 3 aromatic carbocycles. The van der Waals surface area contributed by atoms with Crippen LogP contribution in [0.4, 0.5) is 5.69 Å². The molecule has 186 valence electrons. The van der Waals surface area contributed by atoms with Crippen LogP contribution in [-0.2, 0) is 4.79 Å². The number of methoxy groups -OCH3 is 1. The van der Waals surface area contributed by atoms with E-state index in [1.165, 1.54) is 11.3 Å². The number of carbonyl (C=O) groups excluding carboxylic acids is 1. The second-order valence-electron chi connectivity index (χ2n) is 8.45. The van der Waals surface area contributed by atoms with E-state index in [1.54, 1.807) is 23.4 Å². The molecule has 1 aromatic heterocycles. The molecule has 2 heterocycles. The molecule has 37 heavy (non-hydrogen) atoms. The molecule has 0 saturated heterocycles. The van der Waals surface area contributed by atoms with Crippen LogP contribution in [0, 0.1) is 0 Å². The van der Waals surface area contributed by atoms with Gasteiger partial charge in [0.2, 0.25) is 0 Å². The molecule has 0 spiro atoms. The maximum Gasteiger partial charge on any atom is 0.271 e. The second-order valence-corrected chi connectivity index (χ2v) is 10.3. The van der Waals surface area contributed by atoms with Crippen LogP contribution >= 0.6 is 23.1 Å². The maximum atomic E-state index is 13.8. The SMILES string of the molecule is COc1cccc([C@@H]2C(C(=O)Nc3ccccc3)=C(C)N=c3s/c(=C\c4ccc(SC)cc4)c(=O)n32)c1. The van der Waals surface area contributed by atoms with Crippen LogP contribution in [0.2, 0.25) is 0 Å². The number of benzene rings is 3. The Labute approximate surface area is 222 Å². The van der Waals surface area contributed by atoms with Crippen molar-refractivity contribution < 1.29 is 9.53 Å². The molecule has 0 saturated carbocycles. The zero-order chi connectivity index (χ0) is 25.9. The second kappa shape index (κ2) is 10.6. The van der Waals surface area contributed by atoms with Crippen LogP contribution in [-0.4, -0.2) is 23.8 Å². The quantitative estimate of drug-likeness (QED) is 0.372. The van der Waals surface area contributed by atoms with Gasteiger partial charge in [0.05, 0.1) is 29.0 Å². The van der Waals surface area contributed by atoms with Crippen LogP contribution < -0.4 is 24.9 Å². The number of anilines is 1. The van der Waals surface area contributed by atoms with Crippen LogP contribution in [0.15, 0.2) is 105 Å². The van der Waals surface area contributed by atoms with E-state index in [-0.39, 0.29) is 11.5 Å². The summed E-state index contributed by atoms with van der Waals surface area (Å²) in [5, 5.41) is 2.97. The summed E-state index contributed by atoms with van der Waals surface area (Å²) in [5.41, 5.74) is 3.16. The Bertz CT molecular complexity index is 1670. The third-order valence-electron chi connectivity index (χ3n) is 6.12. The van der Waals surface area contributed by atoms with Gasteiger partial charge in [-0.3, -0.25) is 14.2 Å². The molecular formula is C29H25N3O3S2. The monoisotopic (exact) mass is 527 g/mol. The summed E-state index contributed by atoms with van der Waals surface area (Å²) in [5.74, 6) is 0.341. The minimum Gasteiger partial charge on any atom is -0.497 e. The summed E-state index contributed by atoms with van der Waals surface area (Å²) in [6.07, 6.45) is 3.90. The van der Waals surface area contributed by atoms with E-state index in [4.69, 9.17) is 9.73 Å². The van der Waals surface area contributed by atoms with Crippen LogP contribution in [0.5, 0.6) is 5.75 Å². The molecule has 0 fully saturated rings. The lowest BCUT2D eigenvalue weighted by Crippen LogP contribution is -2.40. The Hall–Kier alpha value is -3.88. The van der Waals surface area contributed by atoms with Gasteiger partial charge < -0.3 is 10.1 Å². The van der Waals surface area contributed by atoms with Gasteiger partial charge in [0.25, 0.3) is 11.5 Å². The number of hydrogen-bond acceptors (Lipinski definition) is 6. The first-order chi connectivity index (χ1) is 18.0. The Morgan fingerprint density at radius 2 is 1.84 bits per heavy atom. The summed E-state index contributed by atoms with van der Waals surface area (Å²) in [7, 11) is 1.59. The molecule has 4 aromatic rings. The molecule has 0 radical (unpaired) electrons. The van der Waals surface area contributed by atoms with Crippen molar-refractivity contribution in [1.29, 1.82) is 0 Å². The van der Waals surface area contributed by atoms with E-state index in [9.17, 15) is 9.59 Å². The number of thioether (sulfide) groups is 1. The van der Waals surface area contributed by atoms with Crippen molar-refractivity contribution in [3.8, 4) is 5.75 Å². The Morgan fingerprint density at radius 3 is 2.54 bits per heavy atom. The molecule has 0 bridgehead atoms. The lowest BCUT2D eigenvalue weighted by molar-refractivity contribution is -0.113. The number of thiazole rings is 1. The Morgan fingerprint density at radius 1 is 1.08 bits per heavy atom. The van der Waals surface area contributed by atoms with Crippen molar-refractivity contribution in [1.82, 2.24) is 4.57 Å². The van der Waals surface area contributed by atoms with Crippen molar-refractivity contribution in [3.05, 3.63) is 121 Å². The smallest absolute Gasteiger partial charge is 0.271 e. The van der Waals surface area contributed by atoms with Gasteiger partial charge in [0, 0.05) is 10.6 Å². The van der Waals surface area contributed by atoms with Crippen molar-refractivity contribution in [2.45, 2.75) is 17.9 Å². The fourth-order valence-electron chi connectivity index (χ4n) is 4.31. The number of para-hydroxylation sites is 1. The van der Waals surface area contributed by atoms with E-state index < -0.39 is 6.04 Å². The highest BCUT2D eigenvalue weighted by Gasteiger charge is 2.32. The van der Waals surface area contributed by atoms with E-state index in [0.29, 0.717) is 32.0 Å². The van der Waals surface area contributed by atoms with E-state index in [1.807, 2.05) is 98.1 Å². The average molecular weight is 528 g/mol. The van der Waals surface area contributed by atoms with Gasteiger partial charge in [-0.1, -0.05) is 53.8 Å². The van der Waals surface area contributed by atoms with Crippen molar-refractivity contribution >= 4 is 40.8 Å². The highest BCUT2D eigenvalue weighted by Crippen LogP contribution is 2.32. The zero-order valence-electron chi connectivity index (χ0n) is 20.6. The molecule has 0 aliphatic carbocycles. The average Bonchev–Trinajstić information content (AvgIpc) is 3.22. The number of fused-ring (bicyclic) bond motifs is 1. The van der Waals surface area contributed by atoms with Crippen LogP contribution in [0.3, 0.4) is 0 Å². The number of ether oxygens (including phenoxy) is 1. The standard InChI is InChI=1S/C29H25N3O3S2/c1-18-25(27(33)31-21-9-5-4-6-10-21)26(20-8-7-11-22(17-20)35-2)32-28(34)24(37-29(32)30-18)16-19-12-14-23(36-3)15-13-19/h4-17,26H,1-3H3,(H,31,33)/b24-16-/t26-/m1/s1. The lowest BCUT2D eigenvalue weighted by Gasteiger charge is -2.25. The minimum absolute atomic E-state index is 0.192. The third-order valence-corrected chi connectivity index (χ3v) is 7.85. The van der Waals surface area contributed by atoms with Crippen LogP contribution in [0.1, 0.15) is 24.1 Å². The van der Waals surface area contributed by atoms with E-state index in [0.717, 1.165) is 16.0 Å². The summed E-state index contributed by atoms with van der Waals surface area (Å²) in [6, 6.07) is 24.1. The molecule has 1 aliphatic heterocycles. The summed E-state index contributed by atoms with van der Waals surface area (Å²) in [6.45, 7) is 1.81. The van der Waals surface area contributed by atoms with Gasteiger partial charge in [-0.25, -0.2) is 4.99 Å². The normalized spacial score (nSPS) is 15.2. The number of carbonyl (C=O) groups is 1. The topological polar surface area (TPSA) is 72.7 Å². The number of nitrogens with one attached hydrogen (secondary N) is 1. The number of allylic oxidation sites excluding steroid dienone is 1. The molecule has 1 aliphatic rings. The zero-order valence-corrected chi connectivity index (χ0v) is 22.2. The number of aromatic nitrogens is 1. The summed E-state index contributed by atoms with van der Waals surface area (Å²) >= 11 is 2.99. The largest absolute Gasteiger partial charge is 0.497 e. The number of rotatable bonds is 6. The van der Waals surface area contributed by atoms with Crippen LogP contribution in [0.25, 0.3) is 6.08 Å². The van der Waals surface area contributed by atoms with Gasteiger partial charge in [-0.15, -0.1) is 11.8 Å². The van der Waals surface area contributed by atoms with Crippen molar-refractivity contribution in [2.24, 2.45) is 4.99 Å². The predicted octanol–water partition coefficient (Wildman–Crippen LogP) is 4.60. The number of hydrogen-bond donors (Lipinski definition) is 1.